The molecule has 1 aromatic carbocycles. The number of ether oxygens (including phenoxy) is 1. The molecule has 0 saturated carbocycles. The number of nitro groups is 1. The number of rotatable bonds is 5. The molecule has 0 saturated heterocycles. The second kappa shape index (κ2) is 5.70. The van der Waals surface area contributed by atoms with E-state index in [-0.39, 0.29) is 18.3 Å². The molecule has 1 heterocycles. The molecule has 0 fully saturated rings. The van der Waals surface area contributed by atoms with Crippen molar-refractivity contribution in [2.24, 2.45) is 7.05 Å². The highest BCUT2D eigenvalue weighted by Crippen LogP contribution is 2.31. The minimum atomic E-state index is -0.567. The van der Waals surface area contributed by atoms with Crippen molar-refractivity contribution in [1.82, 2.24) is 9.55 Å². The van der Waals surface area contributed by atoms with Crippen LogP contribution in [0.5, 0.6) is 11.6 Å². The van der Waals surface area contributed by atoms with Gasteiger partial charge in [-0.1, -0.05) is 12.1 Å². The summed E-state index contributed by atoms with van der Waals surface area (Å²) >= 11 is 0. The van der Waals surface area contributed by atoms with Crippen molar-refractivity contribution in [3.63, 3.8) is 0 Å². The SMILES string of the molecule is Cc1nc([N+](=O)[O-])c(Oc2ccc(CCO)cc2)n1C. The van der Waals surface area contributed by atoms with E-state index in [1.807, 2.05) is 0 Å². The van der Waals surface area contributed by atoms with Crippen molar-refractivity contribution in [3.05, 3.63) is 45.8 Å². The number of benzene rings is 1. The number of aryl methyl sites for hydroxylation is 1. The molecule has 106 valence electrons. The number of hydrogen-bond acceptors (Lipinski definition) is 5. The number of imidazole rings is 1. The highest BCUT2D eigenvalue weighted by atomic mass is 16.6. The van der Waals surface area contributed by atoms with Crippen LogP contribution in [0.2, 0.25) is 0 Å². The lowest BCUT2D eigenvalue weighted by Crippen LogP contribution is -1.98. The predicted molar refractivity (Wildman–Crippen MR) is 71.9 cm³/mol. The van der Waals surface area contributed by atoms with E-state index >= 15 is 0 Å². The van der Waals surface area contributed by atoms with E-state index in [0.29, 0.717) is 18.0 Å². The Labute approximate surface area is 115 Å². The van der Waals surface area contributed by atoms with Gasteiger partial charge in [0.2, 0.25) is 5.82 Å². The number of hydrogen-bond donors (Lipinski definition) is 1. The first-order valence-electron chi connectivity index (χ1n) is 6.08. The summed E-state index contributed by atoms with van der Waals surface area (Å²) in [4.78, 5) is 14.2. The highest BCUT2D eigenvalue weighted by molar-refractivity contribution is 5.40. The van der Waals surface area contributed by atoms with Gasteiger partial charge >= 0.3 is 11.7 Å². The molecule has 0 bridgehead atoms. The first kappa shape index (κ1) is 14.0. The standard InChI is InChI=1S/C13H15N3O4/c1-9-14-12(16(18)19)13(15(9)2)20-11-5-3-10(4-6-11)7-8-17/h3-6,17H,7-8H2,1-2H3. The first-order valence-corrected chi connectivity index (χ1v) is 6.08. The molecule has 7 nitrogen and oxygen atoms in total. The van der Waals surface area contributed by atoms with Crippen LogP contribution in [0, 0.1) is 17.0 Å². The molecule has 2 rings (SSSR count). The van der Waals surface area contributed by atoms with Crippen LogP contribution in [0.25, 0.3) is 0 Å². The zero-order valence-electron chi connectivity index (χ0n) is 11.2. The van der Waals surface area contributed by atoms with Crippen LogP contribution in [-0.4, -0.2) is 26.2 Å². The van der Waals surface area contributed by atoms with E-state index in [0.717, 1.165) is 5.56 Å². The molecule has 0 aliphatic carbocycles. The monoisotopic (exact) mass is 277 g/mol. The Morgan fingerprint density at radius 3 is 2.60 bits per heavy atom. The Morgan fingerprint density at radius 2 is 2.05 bits per heavy atom. The Hall–Kier alpha value is -2.41. The van der Waals surface area contributed by atoms with E-state index in [1.54, 1.807) is 38.2 Å². The van der Waals surface area contributed by atoms with Gasteiger partial charge in [-0.05, 0) is 34.0 Å². The third kappa shape index (κ3) is 2.77. The fraction of sp³-hybridized carbons (Fsp3) is 0.308. The van der Waals surface area contributed by atoms with Crippen LogP contribution in [0.3, 0.4) is 0 Å². The molecular formula is C13H15N3O4. The Morgan fingerprint density at radius 1 is 1.40 bits per heavy atom. The second-order valence-corrected chi connectivity index (χ2v) is 4.32. The molecule has 7 heteroatoms. The van der Waals surface area contributed by atoms with Crippen LogP contribution >= 0.6 is 0 Å². The normalized spacial score (nSPS) is 10.6. The maximum absolute atomic E-state index is 10.9. The third-order valence-electron chi connectivity index (χ3n) is 2.96. The molecule has 0 aliphatic rings. The van der Waals surface area contributed by atoms with E-state index in [1.165, 1.54) is 4.57 Å². The average Bonchev–Trinajstić information content (AvgIpc) is 2.70. The summed E-state index contributed by atoms with van der Waals surface area (Å²) in [5.74, 6) is 0.785. The summed E-state index contributed by atoms with van der Waals surface area (Å²) in [6.45, 7) is 1.75. The largest absolute Gasteiger partial charge is 0.434 e. The van der Waals surface area contributed by atoms with Gasteiger partial charge in [-0.2, -0.15) is 0 Å². The molecule has 20 heavy (non-hydrogen) atoms. The van der Waals surface area contributed by atoms with Crippen molar-refractivity contribution in [2.45, 2.75) is 13.3 Å². The minimum absolute atomic E-state index is 0.0760. The van der Waals surface area contributed by atoms with Crippen LogP contribution < -0.4 is 4.74 Å². The lowest BCUT2D eigenvalue weighted by Gasteiger charge is -2.06. The molecule has 0 radical (unpaired) electrons. The fourth-order valence-corrected chi connectivity index (χ4v) is 1.77. The number of aliphatic hydroxyl groups is 1. The van der Waals surface area contributed by atoms with Crippen molar-refractivity contribution in [3.8, 4) is 11.6 Å². The topological polar surface area (TPSA) is 90.4 Å². The van der Waals surface area contributed by atoms with E-state index < -0.39 is 4.92 Å². The van der Waals surface area contributed by atoms with Crippen molar-refractivity contribution in [2.75, 3.05) is 6.61 Å². The predicted octanol–water partition coefficient (Wildman–Crippen LogP) is 1.96. The summed E-state index contributed by atoms with van der Waals surface area (Å²) < 4.78 is 7.08. The highest BCUT2D eigenvalue weighted by Gasteiger charge is 2.25. The summed E-state index contributed by atoms with van der Waals surface area (Å²) in [6, 6.07) is 7.02. The third-order valence-corrected chi connectivity index (χ3v) is 2.96. The quantitative estimate of drug-likeness (QED) is 0.666. The van der Waals surface area contributed by atoms with Crippen molar-refractivity contribution >= 4 is 5.82 Å². The van der Waals surface area contributed by atoms with Gasteiger partial charge in [-0.25, -0.2) is 0 Å². The minimum Gasteiger partial charge on any atom is -0.434 e. The smallest absolute Gasteiger partial charge is 0.427 e. The van der Waals surface area contributed by atoms with Gasteiger partial charge in [0.15, 0.2) is 0 Å². The Kier molecular flexibility index (Phi) is 3.99. The second-order valence-electron chi connectivity index (χ2n) is 4.32. The summed E-state index contributed by atoms with van der Waals surface area (Å²) in [5.41, 5.74) is 0.968. The van der Waals surface area contributed by atoms with E-state index in [4.69, 9.17) is 9.84 Å². The molecular weight excluding hydrogens is 262 g/mol. The van der Waals surface area contributed by atoms with Crippen LogP contribution in [0.4, 0.5) is 5.82 Å². The molecule has 1 aromatic heterocycles. The van der Waals surface area contributed by atoms with E-state index in [9.17, 15) is 10.1 Å². The van der Waals surface area contributed by atoms with Gasteiger partial charge in [0, 0.05) is 20.6 Å². The zero-order valence-corrected chi connectivity index (χ0v) is 11.2. The Bertz CT molecular complexity index is 619. The van der Waals surface area contributed by atoms with Crippen molar-refractivity contribution in [1.29, 1.82) is 0 Å². The van der Waals surface area contributed by atoms with Gasteiger partial charge in [0.25, 0.3) is 0 Å². The number of nitrogens with zero attached hydrogens (tertiary/aromatic N) is 3. The summed E-state index contributed by atoms with van der Waals surface area (Å²) in [7, 11) is 1.66. The average molecular weight is 277 g/mol. The van der Waals surface area contributed by atoms with Gasteiger partial charge < -0.3 is 20.0 Å². The van der Waals surface area contributed by atoms with Crippen LogP contribution in [-0.2, 0) is 13.5 Å². The maximum atomic E-state index is 10.9. The van der Waals surface area contributed by atoms with Gasteiger partial charge in [-0.3, -0.25) is 4.57 Å². The molecule has 0 unspecified atom stereocenters. The summed E-state index contributed by atoms with van der Waals surface area (Å²) in [6.07, 6.45) is 0.561. The van der Waals surface area contributed by atoms with Gasteiger partial charge in [-0.15, -0.1) is 0 Å². The maximum Gasteiger partial charge on any atom is 0.427 e. The summed E-state index contributed by atoms with van der Waals surface area (Å²) in [5, 5.41) is 19.8. The first-order chi connectivity index (χ1) is 9.52. The van der Waals surface area contributed by atoms with Crippen molar-refractivity contribution < 1.29 is 14.8 Å². The number of aliphatic hydroxyl groups excluding tert-OH is 1. The zero-order chi connectivity index (χ0) is 14.7. The van der Waals surface area contributed by atoms with Crippen LogP contribution in [0.1, 0.15) is 11.4 Å². The molecule has 0 atom stereocenters. The Balaban J connectivity index is 2.27. The molecule has 2 aromatic rings. The fourth-order valence-electron chi connectivity index (χ4n) is 1.77. The molecule has 1 N–H and O–H groups in total. The molecule has 0 spiro atoms. The lowest BCUT2D eigenvalue weighted by molar-refractivity contribution is -0.390. The lowest BCUT2D eigenvalue weighted by atomic mass is 10.1. The molecule has 0 amide bonds. The van der Waals surface area contributed by atoms with Crippen LogP contribution in [0.15, 0.2) is 24.3 Å². The van der Waals surface area contributed by atoms with Gasteiger partial charge in [0.1, 0.15) is 5.75 Å². The van der Waals surface area contributed by atoms with E-state index in [2.05, 4.69) is 4.98 Å². The number of aromatic nitrogens is 2. The molecule has 0 aliphatic heterocycles. The van der Waals surface area contributed by atoms with Gasteiger partial charge in [0.05, 0.1) is 0 Å².